The van der Waals surface area contributed by atoms with Crippen molar-refractivity contribution in [3.63, 3.8) is 0 Å². The van der Waals surface area contributed by atoms with Crippen LogP contribution in [0.1, 0.15) is 92.5 Å². The zero-order chi connectivity index (χ0) is 62.6. The average molecular weight is 1280 g/mol. The van der Waals surface area contributed by atoms with Gasteiger partial charge in [0.05, 0.1) is 62.7 Å². The van der Waals surface area contributed by atoms with Gasteiger partial charge in [0, 0.05) is 36.0 Å². The zero-order valence-corrected chi connectivity index (χ0v) is 51.7. The van der Waals surface area contributed by atoms with Gasteiger partial charge in [0.15, 0.2) is 15.5 Å². The minimum absolute atomic E-state index is 0.0819. The van der Waals surface area contributed by atoms with Gasteiger partial charge in [0.25, 0.3) is 17.7 Å². The number of amidine groups is 3. The van der Waals surface area contributed by atoms with E-state index < -0.39 is 35.3 Å². The van der Waals surface area contributed by atoms with Crippen molar-refractivity contribution >= 4 is 115 Å². The van der Waals surface area contributed by atoms with E-state index in [2.05, 4.69) is 21.0 Å². The Bertz CT molecular complexity index is 3900. The molecule has 12 nitrogen and oxygen atoms in total. The molecule has 0 N–H and O–H groups in total. The normalized spacial score (nSPS) is 19.2. The SMILES string of the molecule is CC(C)N=C1S/C(=C\c2ccc3c(c2)CCCO3)C(=O)N1c1cccc(C(F)(F)F)c1.CC(C)N=C1S/C(=C\c2ccc3c(c2)CCO3)C(=O)N1c1cccc(C(F)(F)F)c1.CC(C)N=C1S/C(=C\c2ccc3c(c2)CCO3)C(=O)N1c1cccc(Cl)c1. The Labute approximate surface area is 523 Å². The lowest BCUT2D eigenvalue weighted by Gasteiger charge is -2.18. The van der Waals surface area contributed by atoms with Crippen LogP contribution < -0.4 is 28.9 Å². The molecule has 0 aliphatic carbocycles. The number of halogens is 7. The van der Waals surface area contributed by atoms with Crippen molar-refractivity contribution in [1.29, 1.82) is 0 Å². The molecule has 88 heavy (non-hydrogen) atoms. The standard InChI is InChI=1S/C23H21F3N2O2S.C22H19F3N2O2S.C21H19ClN2O2S/c1-14(2)27-22-28(18-7-3-6-17(13-18)23(24,25)26)21(29)20(31-22)12-15-8-9-19-16(11-15)5-4-10-30-19;1-13(2)26-21-27(17-5-3-4-16(12-17)22(23,24)25)20(28)19(30-21)11-14-6-7-18-15(10-14)8-9-29-18;1-13(2)23-21-24(17-5-3-4-16(22)12-17)20(25)19(27-21)11-14-6-7-18-15(10-14)8-9-26-18/h3,6-9,11-14H,4-5,10H2,1-2H3;3-7,10-13H,8-9H2,1-2H3;3-7,10-13H,8-9H2,1-2H3/b20-12-,27-22?;19-11-,26-21?;19-11-,23-21?. The number of thioether (sulfide) groups is 3. The van der Waals surface area contributed by atoms with Crippen molar-refractivity contribution in [2.45, 2.75) is 97.7 Å². The Kier molecular flexibility index (Phi) is 19.4. The van der Waals surface area contributed by atoms with Crippen molar-refractivity contribution in [3.8, 4) is 17.2 Å². The van der Waals surface area contributed by atoms with Crippen molar-refractivity contribution in [2.75, 3.05) is 34.5 Å². The molecular formula is C66H59ClF6N6O6S3. The molecule has 6 heterocycles. The summed E-state index contributed by atoms with van der Waals surface area (Å²) in [7, 11) is 0. The van der Waals surface area contributed by atoms with Crippen LogP contribution in [0.3, 0.4) is 0 Å². The molecule has 6 aliphatic rings. The number of amides is 3. The average Bonchev–Trinajstić information content (AvgIpc) is 1.95. The first-order chi connectivity index (χ1) is 41.9. The highest BCUT2D eigenvalue weighted by atomic mass is 35.5. The number of ether oxygens (including phenoxy) is 3. The fourth-order valence-electron chi connectivity index (χ4n) is 9.80. The molecule has 0 spiro atoms. The summed E-state index contributed by atoms with van der Waals surface area (Å²) in [5.74, 6) is 1.76. The second-order valence-electron chi connectivity index (χ2n) is 21.6. The van der Waals surface area contributed by atoms with Crippen LogP contribution in [0.25, 0.3) is 18.2 Å². The molecule has 3 saturated heterocycles. The number of aryl methyl sites for hydroxylation is 1. The Morgan fingerprint density at radius 3 is 1.15 bits per heavy atom. The third-order valence-electron chi connectivity index (χ3n) is 13.7. The monoisotopic (exact) mass is 1280 g/mol. The third-order valence-corrected chi connectivity index (χ3v) is 16.9. The van der Waals surface area contributed by atoms with Crippen LogP contribution in [0.4, 0.5) is 43.4 Å². The summed E-state index contributed by atoms with van der Waals surface area (Å²) >= 11 is 9.87. The molecule has 0 saturated carbocycles. The summed E-state index contributed by atoms with van der Waals surface area (Å²) < 4.78 is 95.8. The maximum atomic E-state index is 13.2. The van der Waals surface area contributed by atoms with E-state index in [1.807, 2.05) is 108 Å². The van der Waals surface area contributed by atoms with E-state index in [9.17, 15) is 40.7 Å². The summed E-state index contributed by atoms with van der Waals surface area (Å²) in [5, 5.41) is 2.00. The number of anilines is 3. The molecule has 12 rings (SSSR count). The number of hydrogen-bond acceptors (Lipinski definition) is 12. The molecule has 6 aromatic carbocycles. The van der Waals surface area contributed by atoms with Gasteiger partial charge in [-0.05, 0) is 232 Å². The Morgan fingerprint density at radius 1 is 0.455 bits per heavy atom. The van der Waals surface area contributed by atoms with E-state index in [0.29, 0.717) is 48.5 Å². The van der Waals surface area contributed by atoms with Crippen LogP contribution >= 0.6 is 46.9 Å². The molecule has 3 fully saturated rings. The molecule has 22 heteroatoms. The van der Waals surface area contributed by atoms with Gasteiger partial charge in [-0.25, -0.2) is 0 Å². The predicted molar refractivity (Wildman–Crippen MR) is 343 cm³/mol. The van der Waals surface area contributed by atoms with E-state index >= 15 is 0 Å². The van der Waals surface area contributed by atoms with E-state index in [1.165, 1.54) is 74.9 Å². The molecule has 0 unspecified atom stereocenters. The number of carbonyl (C=O) groups is 3. The fraction of sp³-hybridized carbons (Fsp3) is 0.273. The smallest absolute Gasteiger partial charge is 0.416 e. The molecule has 0 atom stereocenters. The van der Waals surface area contributed by atoms with Gasteiger partial charge in [-0.15, -0.1) is 0 Å². The largest absolute Gasteiger partial charge is 0.493 e. The summed E-state index contributed by atoms with van der Waals surface area (Å²) in [6, 6.07) is 34.1. The van der Waals surface area contributed by atoms with Crippen LogP contribution in [0.2, 0.25) is 5.02 Å². The number of carbonyl (C=O) groups excluding carboxylic acids is 3. The van der Waals surface area contributed by atoms with E-state index in [4.69, 9.17) is 25.8 Å². The lowest BCUT2D eigenvalue weighted by molar-refractivity contribution is -0.138. The summed E-state index contributed by atoms with van der Waals surface area (Å²) in [4.78, 5) is 58.7. The van der Waals surface area contributed by atoms with E-state index in [0.717, 1.165) is 107 Å². The number of nitrogens with zero attached hydrogens (tertiary/aromatic N) is 6. The lowest BCUT2D eigenvalue weighted by atomic mass is 10.0. The van der Waals surface area contributed by atoms with Crippen molar-refractivity contribution in [1.82, 2.24) is 0 Å². The van der Waals surface area contributed by atoms with E-state index in [-0.39, 0.29) is 35.4 Å². The van der Waals surface area contributed by atoms with Crippen LogP contribution in [-0.4, -0.2) is 71.2 Å². The van der Waals surface area contributed by atoms with E-state index in [1.54, 1.807) is 29.2 Å². The Morgan fingerprint density at radius 2 is 0.795 bits per heavy atom. The Balaban J connectivity index is 0.000000146. The van der Waals surface area contributed by atoms with Crippen LogP contribution in [-0.2, 0) is 46.0 Å². The molecular weight excluding hydrogens is 1220 g/mol. The molecule has 0 radical (unpaired) electrons. The Hall–Kier alpha value is -7.72. The second kappa shape index (κ2) is 26.9. The minimum Gasteiger partial charge on any atom is -0.493 e. The first-order valence-corrected chi connectivity index (χ1v) is 31.1. The quantitative estimate of drug-likeness (QED) is 0.103. The van der Waals surface area contributed by atoms with Gasteiger partial charge in [0.2, 0.25) is 0 Å². The van der Waals surface area contributed by atoms with Crippen LogP contribution in [0, 0.1) is 0 Å². The maximum Gasteiger partial charge on any atom is 0.416 e. The summed E-state index contributed by atoms with van der Waals surface area (Å²) in [6.07, 6.45) is -0.00492. The molecule has 0 bridgehead atoms. The highest BCUT2D eigenvalue weighted by Crippen LogP contribution is 2.43. The number of rotatable bonds is 9. The highest BCUT2D eigenvalue weighted by molar-refractivity contribution is 8.20. The summed E-state index contributed by atoms with van der Waals surface area (Å²) in [6.45, 7) is 13.5. The molecule has 6 aliphatic heterocycles. The van der Waals surface area contributed by atoms with Gasteiger partial charge in [0.1, 0.15) is 17.2 Å². The predicted octanol–water partition coefficient (Wildman–Crippen LogP) is 16.6. The molecule has 456 valence electrons. The number of benzene rings is 6. The molecule has 0 aromatic heterocycles. The fourth-order valence-corrected chi connectivity index (χ4v) is 13.3. The zero-order valence-electron chi connectivity index (χ0n) is 48.5. The van der Waals surface area contributed by atoms with Gasteiger partial charge in [-0.1, -0.05) is 48.0 Å². The van der Waals surface area contributed by atoms with Gasteiger partial charge in [-0.3, -0.25) is 44.1 Å². The van der Waals surface area contributed by atoms with Gasteiger partial charge < -0.3 is 14.2 Å². The number of hydrogen-bond donors (Lipinski definition) is 0. The third kappa shape index (κ3) is 15.0. The van der Waals surface area contributed by atoms with Gasteiger partial charge in [-0.2, -0.15) is 26.3 Å². The van der Waals surface area contributed by atoms with Crippen molar-refractivity contribution in [2.24, 2.45) is 15.0 Å². The maximum absolute atomic E-state index is 13.2. The van der Waals surface area contributed by atoms with Crippen LogP contribution in [0.5, 0.6) is 17.2 Å². The first kappa shape index (κ1) is 63.3. The number of alkyl halides is 6. The lowest BCUT2D eigenvalue weighted by Crippen LogP contribution is -2.29. The highest BCUT2D eigenvalue weighted by Gasteiger charge is 2.40. The molecule has 3 amide bonds. The second-order valence-corrected chi connectivity index (χ2v) is 25.1. The first-order valence-electron chi connectivity index (χ1n) is 28.3. The minimum atomic E-state index is -4.49. The van der Waals surface area contributed by atoms with Gasteiger partial charge >= 0.3 is 12.4 Å². The van der Waals surface area contributed by atoms with Crippen molar-refractivity contribution < 1.29 is 54.9 Å². The topological polar surface area (TPSA) is 126 Å². The number of aliphatic imine (C=N–C) groups is 3. The van der Waals surface area contributed by atoms with Crippen LogP contribution in [0.15, 0.2) is 157 Å². The number of fused-ring (bicyclic) bond motifs is 3. The summed E-state index contributed by atoms with van der Waals surface area (Å²) in [5.41, 5.74) is 5.42. The van der Waals surface area contributed by atoms with Crippen molar-refractivity contribution in [3.05, 3.63) is 192 Å². The molecule has 6 aromatic rings.